The maximum atomic E-state index is 12.1. The summed E-state index contributed by atoms with van der Waals surface area (Å²) in [5.41, 5.74) is 4.64. The second-order valence-electron chi connectivity index (χ2n) is 4.80. The molecule has 4 nitrogen and oxygen atoms in total. The summed E-state index contributed by atoms with van der Waals surface area (Å²) in [7, 11) is 0. The summed E-state index contributed by atoms with van der Waals surface area (Å²) in [4.78, 5) is 12.1. The highest BCUT2D eigenvalue weighted by atomic mass is 35.5. The molecular formula is C18H17ClN2O2. The van der Waals surface area contributed by atoms with Gasteiger partial charge in [-0.1, -0.05) is 42.5 Å². The Hall–Kier alpha value is -2.59. The standard InChI is InChI=1S/C18H17ClN2O2/c1-3-10-23-17-9-8-15(19)11-14(17)12-20-21-18(22)16-7-5-4-6-13(16)2/h3-9,11-12H,1,10H2,2H3,(H,21,22)/b20-12-. The van der Waals surface area contributed by atoms with E-state index in [4.69, 9.17) is 16.3 Å². The van der Waals surface area contributed by atoms with E-state index in [9.17, 15) is 4.79 Å². The van der Waals surface area contributed by atoms with Crippen LogP contribution < -0.4 is 10.2 Å². The Balaban J connectivity index is 2.11. The van der Waals surface area contributed by atoms with E-state index in [0.29, 0.717) is 28.5 Å². The Labute approximate surface area is 140 Å². The number of hydrogen-bond donors (Lipinski definition) is 1. The first-order valence-corrected chi connectivity index (χ1v) is 7.42. The molecular weight excluding hydrogens is 312 g/mol. The molecule has 118 valence electrons. The van der Waals surface area contributed by atoms with Gasteiger partial charge in [0.1, 0.15) is 12.4 Å². The first-order valence-electron chi connectivity index (χ1n) is 7.04. The lowest BCUT2D eigenvalue weighted by Gasteiger charge is -2.07. The van der Waals surface area contributed by atoms with E-state index >= 15 is 0 Å². The minimum Gasteiger partial charge on any atom is -0.489 e. The molecule has 23 heavy (non-hydrogen) atoms. The molecule has 0 saturated heterocycles. The summed E-state index contributed by atoms with van der Waals surface area (Å²) >= 11 is 5.98. The van der Waals surface area contributed by atoms with Gasteiger partial charge in [-0.25, -0.2) is 5.43 Å². The monoisotopic (exact) mass is 328 g/mol. The van der Waals surface area contributed by atoms with E-state index < -0.39 is 0 Å². The second-order valence-corrected chi connectivity index (χ2v) is 5.23. The van der Waals surface area contributed by atoms with Gasteiger partial charge < -0.3 is 4.74 Å². The van der Waals surface area contributed by atoms with Crippen LogP contribution in [0, 0.1) is 6.92 Å². The van der Waals surface area contributed by atoms with Gasteiger partial charge in [0.15, 0.2) is 0 Å². The van der Waals surface area contributed by atoms with Gasteiger partial charge in [0.05, 0.1) is 6.21 Å². The molecule has 0 aliphatic heterocycles. The van der Waals surface area contributed by atoms with Crippen LogP contribution in [-0.2, 0) is 0 Å². The van der Waals surface area contributed by atoms with Crippen molar-refractivity contribution in [2.24, 2.45) is 5.10 Å². The molecule has 0 aromatic heterocycles. The molecule has 0 fully saturated rings. The van der Waals surface area contributed by atoms with Crippen molar-refractivity contribution in [2.45, 2.75) is 6.92 Å². The van der Waals surface area contributed by atoms with E-state index in [1.54, 1.807) is 30.3 Å². The SMILES string of the molecule is C=CCOc1ccc(Cl)cc1/C=N\NC(=O)c1ccccc1C. The number of nitrogens with zero attached hydrogens (tertiary/aromatic N) is 1. The van der Waals surface area contributed by atoms with Crippen molar-refractivity contribution < 1.29 is 9.53 Å². The molecule has 0 spiro atoms. The summed E-state index contributed by atoms with van der Waals surface area (Å²) in [5.74, 6) is 0.345. The number of rotatable bonds is 6. The zero-order valence-corrected chi connectivity index (χ0v) is 13.5. The zero-order chi connectivity index (χ0) is 16.7. The average molecular weight is 329 g/mol. The lowest BCUT2D eigenvalue weighted by molar-refractivity contribution is 0.0954. The normalized spacial score (nSPS) is 10.5. The zero-order valence-electron chi connectivity index (χ0n) is 12.8. The number of halogens is 1. The van der Waals surface area contributed by atoms with Gasteiger partial charge in [-0.2, -0.15) is 5.10 Å². The molecule has 0 heterocycles. The van der Waals surface area contributed by atoms with Gasteiger partial charge in [0.25, 0.3) is 5.91 Å². The molecule has 1 N–H and O–H groups in total. The van der Waals surface area contributed by atoms with Crippen molar-refractivity contribution in [3.05, 3.63) is 76.8 Å². The third kappa shape index (κ3) is 4.69. The Morgan fingerprint density at radius 1 is 1.35 bits per heavy atom. The molecule has 2 rings (SSSR count). The molecule has 2 aromatic rings. The van der Waals surface area contributed by atoms with Crippen molar-refractivity contribution in [3.63, 3.8) is 0 Å². The molecule has 0 unspecified atom stereocenters. The van der Waals surface area contributed by atoms with Gasteiger partial charge in [-0.15, -0.1) is 0 Å². The van der Waals surface area contributed by atoms with Crippen LogP contribution in [0.1, 0.15) is 21.5 Å². The smallest absolute Gasteiger partial charge is 0.271 e. The molecule has 0 aliphatic rings. The van der Waals surface area contributed by atoms with Crippen LogP contribution in [0.25, 0.3) is 0 Å². The number of carbonyl (C=O) groups excluding carboxylic acids is 1. The van der Waals surface area contributed by atoms with Gasteiger partial charge >= 0.3 is 0 Å². The number of hydrazone groups is 1. The Kier molecular flexibility index (Phi) is 5.94. The first-order chi connectivity index (χ1) is 11.1. The van der Waals surface area contributed by atoms with E-state index in [-0.39, 0.29) is 5.91 Å². The largest absolute Gasteiger partial charge is 0.489 e. The van der Waals surface area contributed by atoms with Crippen molar-refractivity contribution >= 4 is 23.7 Å². The van der Waals surface area contributed by atoms with Crippen molar-refractivity contribution in [1.29, 1.82) is 0 Å². The maximum Gasteiger partial charge on any atom is 0.271 e. The fourth-order valence-electron chi connectivity index (χ4n) is 1.95. The Morgan fingerprint density at radius 3 is 2.87 bits per heavy atom. The molecule has 0 bridgehead atoms. The van der Waals surface area contributed by atoms with Crippen LogP contribution in [0.3, 0.4) is 0 Å². The molecule has 2 aromatic carbocycles. The quantitative estimate of drug-likeness (QED) is 0.495. The molecule has 0 radical (unpaired) electrons. The molecule has 5 heteroatoms. The van der Waals surface area contributed by atoms with Crippen LogP contribution >= 0.6 is 11.6 Å². The summed E-state index contributed by atoms with van der Waals surface area (Å²) in [5, 5.41) is 4.54. The van der Waals surface area contributed by atoms with Gasteiger partial charge in [-0.05, 0) is 36.8 Å². The Morgan fingerprint density at radius 2 is 2.13 bits per heavy atom. The highest BCUT2D eigenvalue weighted by molar-refractivity contribution is 6.30. The molecule has 1 amide bonds. The molecule has 0 aliphatic carbocycles. The summed E-state index contributed by atoms with van der Waals surface area (Å²) in [6.07, 6.45) is 3.15. The minimum atomic E-state index is -0.269. The van der Waals surface area contributed by atoms with Gasteiger partial charge in [0.2, 0.25) is 0 Å². The summed E-state index contributed by atoms with van der Waals surface area (Å²) in [6.45, 7) is 5.85. The van der Waals surface area contributed by atoms with E-state index in [1.165, 1.54) is 6.21 Å². The number of aryl methyl sites for hydroxylation is 1. The minimum absolute atomic E-state index is 0.269. The van der Waals surface area contributed by atoms with Gasteiger partial charge in [0, 0.05) is 16.1 Å². The third-order valence-corrected chi connectivity index (χ3v) is 3.32. The predicted molar refractivity (Wildman–Crippen MR) is 93.4 cm³/mol. The first kappa shape index (κ1) is 16.8. The lowest BCUT2D eigenvalue weighted by atomic mass is 10.1. The van der Waals surface area contributed by atoms with Gasteiger partial charge in [-0.3, -0.25) is 4.79 Å². The van der Waals surface area contributed by atoms with Crippen molar-refractivity contribution in [3.8, 4) is 5.75 Å². The lowest BCUT2D eigenvalue weighted by Crippen LogP contribution is -2.18. The molecule has 0 saturated carbocycles. The van der Waals surface area contributed by atoms with Crippen LogP contribution in [0.2, 0.25) is 5.02 Å². The van der Waals surface area contributed by atoms with E-state index in [2.05, 4.69) is 17.1 Å². The van der Waals surface area contributed by atoms with Crippen LogP contribution in [-0.4, -0.2) is 18.7 Å². The Bertz CT molecular complexity index is 742. The number of carbonyl (C=O) groups is 1. The number of ether oxygens (including phenoxy) is 1. The maximum absolute atomic E-state index is 12.1. The van der Waals surface area contributed by atoms with Crippen LogP contribution in [0.4, 0.5) is 0 Å². The average Bonchev–Trinajstić information content (AvgIpc) is 2.54. The highest BCUT2D eigenvalue weighted by Crippen LogP contribution is 2.21. The molecule has 0 atom stereocenters. The van der Waals surface area contributed by atoms with E-state index in [1.807, 2.05) is 25.1 Å². The fraction of sp³-hybridized carbons (Fsp3) is 0.111. The van der Waals surface area contributed by atoms with E-state index in [0.717, 1.165) is 5.56 Å². The number of nitrogens with one attached hydrogen (secondary N) is 1. The van der Waals surface area contributed by atoms with Crippen molar-refractivity contribution in [1.82, 2.24) is 5.43 Å². The predicted octanol–water partition coefficient (Wildman–Crippen LogP) is 3.98. The fourth-order valence-corrected chi connectivity index (χ4v) is 2.13. The summed E-state index contributed by atoms with van der Waals surface area (Å²) < 4.78 is 5.52. The summed E-state index contributed by atoms with van der Waals surface area (Å²) in [6, 6.07) is 12.5. The topological polar surface area (TPSA) is 50.7 Å². The highest BCUT2D eigenvalue weighted by Gasteiger charge is 2.07. The number of benzene rings is 2. The van der Waals surface area contributed by atoms with Crippen LogP contribution in [0.15, 0.2) is 60.2 Å². The number of hydrogen-bond acceptors (Lipinski definition) is 3. The number of amides is 1. The second kappa shape index (κ2) is 8.15. The van der Waals surface area contributed by atoms with Crippen LogP contribution in [0.5, 0.6) is 5.75 Å². The van der Waals surface area contributed by atoms with Crippen molar-refractivity contribution in [2.75, 3.05) is 6.61 Å². The third-order valence-electron chi connectivity index (χ3n) is 3.09.